The van der Waals surface area contributed by atoms with Crippen LogP contribution < -0.4 is 10.6 Å². The summed E-state index contributed by atoms with van der Waals surface area (Å²) in [7, 11) is 0. The summed E-state index contributed by atoms with van der Waals surface area (Å²) in [5, 5.41) is 5.71. The number of carbonyl (C=O) groups is 3. The van der Waals surface area contributed by atoms with Gasteiger partial charge in [-0.25, -0.2) is 0 Å². The Morgan fingerprint density at radius 1 is 1.07 bits per heavy atom. The molecule has 1 saturated carbocycles. The Hall–Kier alpha value is -2.25. The van der Waals surface area contributed by atoms with Crippen LogP contribution in [0, 0.1) is 0 Å². The highest BCUT2D eigenvalue weighted by Crippen LogP contribution is 2.34. The zero-order chi connectivity index (χ0) is 18.5. The van der Waals surface area contributed by atoms with Crippen molar-refractivity contribution < 1.29 is 14.4 Å². The minimum Gasteiger partial charge on any atom is -0.322 e. The van der Waals surface area contributed by atoms with E-state index in [2.05, 4.69) is 15.5 Å². The normalized spacial score (nSPS) is 25.6. The molecule has 2 saturated heterocycles. The molecule has 27 heavy (non-hydrogen) atoms. The fraction of sp³-hybridized carbons (Fsp3) is 0.550. The quantitative estimate of drug-likeness (QED) is 0.735. The fourth-order valence-corrected chi connectivity index (χ4v) is 4.49. The second-order valence-corrected chi connectivity index (χ2v) is 8.07. The molecule has 0 spiro atoms. The van der Waals surface area contributed by atoms with Crippen molar-refractivity contribution in [2.24, 2.45) is 0 Å². The Kier molecular flexibility index (Phi) is 4.02. The number of amides is 3. The van der Waals surface area contributed by atoms with Gasteiger partial charge in [-0.05, 0) is 30.4 Å². The maximum Gasteiger partial charge on any atom is 0.255 e. The van der Waals surface area contributed by atoms with Gasteiger partial charge in [0.25, 0.3) is 5.91 Å². The number of carbonyl (C=O) groups excluding carboxylic acids is 3. The molecule has 3 fully saturated rings. The van der Waals surface area contributed by atoms with E-state index in [4.69, 9.17) is 0 Å². The third-order valence-corrected chi connectivity index (χ3v) is 6.24. The Morgan fingerprint density at radius 2 is 1.89 bits per heavy atom. The Bertz CT molecular complexity index is 815. The molecule has 3 amide bonds. The van der Waals surface area contributed by atoms with Crippen LogP contribution in [0.2, 0.25) is 0 Å². The van der Waals surface area contributed by atoms with Crippen LogP contribution in [0.3, 0.4) is 0 Å². The van der Waals surface area contributed by atoms with Crippen molar-refractivity contribution in [3.8, 4) is 0 Å². The molecule has 7 heteroatoms. The van der Waals surface area contributed by atoms with Crippen LogP contribution in [0.1, 0.15) is 47.2 Å². The van der Waals surface area contributed by atoms with Gasteiger partial charge >= 0.3 is 0 Å². The van der Waals surface area contributed by atoms with Gasteiger partial charge in [-0.3, -0.25) is 24.6 Å². The van der Waals surface area contributed by atoms with Gasteiger partial charge in [0.1, 0.15) is 6.04 Å². The molecular weight excluding hydrogens is 344 g/mol. The van der Waals surface area contributed by atoms with Crippen molar-refractivity contribution in [3.05, 3.63) is 34.9 Å². The van der Waals surface area contributed by atoms with Crippen LogP contribution in [0.25, 0.3) is 0 Å². The van der Waals surface area contributed by atoms with Crippen LogP contribution in [0.5, 0.6) is 0 Å². The lowest BCUT2D eigenvalue weighted by Crippen LogP contribution is -2.57. The van der Waals surface area contributed by atoms with E-state index in [-0.39, 0.29) is 24.1 Å². The topological polar surface area (TPSA) is 81.8 Å². The van der Waals surface area contributed by atoms with Crippen molar-refractivity contribution in [3.63, 3.8) is 0 Å². The summed E-state index contributed by atoms with van der Waals surface area (Å²) in [4.78, 5) is 41.0. The molecule has 1 aliphatic carbocycles. The molecule has 2 N–H and O–H groups in total. The molecule has 0 bridgehead atoms. The molecule has 142 valence electrons. The van der Waals surface area contributed by atoms with Crippen LogP contribution in [0.4, 0.5) is 0 Å². The third kappa shape index (κ3) is 2.95. The number of piperidine rings is 1. The molecule has 3 aliphatic heterocycles. The molecule has 1 atom stereocenters. The van der Waals surface area contributed by atoms with Gasteiger partial charge in [-0.1, -0.05) is 18.2 Å². The predicted octanol–water partition coefficient (Wildman–Crippen LogP) is 0.384. The molecule has 1 aromatic carbocycles. The standard InChI is InChI=1S/C20H24N4O3/c25-17-7-6-16(19(26)22-17)24-11-13-3-1-2-12(18(13)20(24)27)10-23(14-4-5-14)15-8-21-9-15/h1-3,14-16,21H,4-11H2,(H,22,25,26). The number of benzene rings is 1. The zero-order valence-electron chi connectivity index (χ0n) is 15.2. The van der Waals surface area contributed by atoms with E-state index in [1.807, 2.05) is 18.2 Å². The maximum atomic E-state index is 13.2. The van der Waals surface area contributed by atoms with Gasteiger partial charge in [0.15, 0.2) is 0 Å². The largest absolute Gasteiger partial charge is 0.322 e. The summed E-state index contributed by atoms with van der Waals surface area (Å²) in [6.45, 7) is 3.27. The third-order valence-electron chi connectivity index (χ3n) is 6.24. The number of fused-ring (bicyclic) bond motifs is 1. The molecule has 3 heterocycles. The average molecular weight is 368 g/mol. The Labute approximate surface area is 158 Å². The lowest BCUT2D eigenvalue weighted by atomic mass is 10.0. The molecule has 7 nitrogen and oxygen atoms in total. The number of imide groups is 1. The van der Waals surface area contributed by atoms with Gasteiger partial charge in [0.05, 0.1) is 0 Å². The van der Waals surface area contributed by atoms with E-state index in [0.29, 0.717) is 25.0 Å². The van der Waals surface area contributed by atoms with Crippen LogP contribution in [-0.2, 0) is 22.7 Å². The monoisotopic (exact) mass is 368 g/mol. The van der Waals surface area contributed by atoms with E-state index in [9.17, 15) is 14.4 Å². The van der Waals surface area contributed by atoms with Crippen molar-refractivity contribution in [1.82, 2.24) is 20.4 Å². The maximum absolute atomic E-state index is 13.2. The highest BCUT2D eigenvalue weighted by Gasteiger charge is 2.41. The predicted molar refractivity (Wildman–Crippen MR) is 97.7 cm³/mol. The van der Waals surface area contributed by atoms with Crippen molar-refractivity contribution in [2.45, 2.75) is 56.9 Å². The lowest BCUT2D eigenvalue weighted by Gasteiger charge is -2.38. The summed E-state index contributed by atoms with van der Waals surface area (Å²) < 4.78 is 0. The van der Waals surface area contributed by atoms with Crippen molar-refractivity contribution in [1.29, 1.82) is 0 Å². The van der Waals surface area contributed by atoms with Crippen LogP contribution in [0.15, 0.2) is 18.2 Å². The first-order valence-corrected chi connectivity index (χ1v) is 9.83. The minimum absolute atomic E-state index is 0.0717. The van der Waals surface area contributed by atoms with E-state index < -0.39 is 6.04 Å². The molecule has 1 unspecified atom stereocenters. The van der Waals surface area contributed by atoms with Gasteiger partial charge in [0, 0.05) is 50.2 Å². The van der Waals surface area contributed by atoms with Crippen molar-refractivity contribution >= 4 is 17.7 Å². The number of nitrogens with zero attached hydrogens (tertiary/aromatic N) is 2. The van der Waals surface area contributed by atoms with E-state index in [1.54, 1.807) is 4.90 Å². The summed E-state index contributed by atoms with van der Waals surface area (Å²) in [6.07, 6.45) is 3.17. The summed E-state index contributed by atoms with van der Waals surface area (Å²) in [6, 6.07) is 6.68. The van der Waals surface area contributed by atoms with E-state index in [0.717, 1.165) is 36.3 Å². The Morgan fingerprint density at radius 3 is 2.56 bits per heavy atom. The summed E-state index contributed by atoms with van der Waals surface area (Å²) in [5.41, 5.74) is 2.82. The first kappa shape index (κ1) is 16.9. The van der Waals surface area contributed by atoms with Gasteiger partial charge < -0.3 is 10.2 Å². The smallest absolute Gasteiger partial charge is 0.255 e. The number of hydrogen-bond donors (Lipinski definition) is 2. The SMILES string of the molecule is O=C1CCC(N2Cc3cccc(CN(C4CC4)C4CNC4)c3C2=O)C(=O)N1. The van der Waals surface area contributed by atoms with E-state index in [1.165, 1.54) is 12.8 Å². The second kappa shape index (κ2) is 6.42. The zero-order valence-corrected chi connectivity index (χ0v) is 15.2. The number of hydrogen-bond acceptors (Lipinski definition) is 5. The van der Waals surface area contributed by atoms with Gasteiger partial charge in [0.2, 0.25) is 11.8 Å². The molecule has 1 aromatic rings. The van der Waals surface area contributed by atoms with E-state index >= 15 is 0 Å². The second-order valence-electron chi connectivity index (χ2n) is 8.07. The van der Waals surface area contributed by atoms with Crippen molar-refractivity contribution in [2.75, 3.05) is 13.1 Å². The van der Waals surface area contributed by atoms with Gasteiger partial charge in [-0.15, -0.1) is 0 Å². The van der Waals surface area contributed by atoms with Crippen LogP contribution in [-0.4, -0.2) is 58.7 Å². The highest BCUT2D eigenvalue weighted by molar-refractivity contribution is 6.05. The average Bonchev–Trinajstić information content (AvgIpc) is 3.38. The summed E-state index contributed by atoms with van der Waals surface area (Å²) in [5.74, 6) is -0.679. The molecule has 0 radical (unpaired) electrons. The lowest BCUT2D eigenvalue weighted by molar-refractivity contribution is -0.136. The first-order chi connectivity index (χ1) is 13.1. The number of rotatable bonds is 5. The molecular formula is C20H24N4O3. The molecule has 4 aliphatic rings. The Balaban J connectivity index is 1.39. The fourth-order valence-electron chi connectivity index (χ4n) is 4.49. The first-order valence-electron chi connectivity index (χ1n) is 9.83. The molecule has 0 aromatic heterocycles. The van der Waals surface area contributed by atoms with Gasteiger partial charge in [-0.2, -0.15) is 0 Å². The molecule has 5 rings (SSSR count). The minimum atomic E-state index is -0.550. The summed E-state index contributed by atoms with van der Waals surface area (Å²) >= 11 is 0. The number of nitrogens with one attached hydrogen (secondary N) is 2. The highest BCUT2D eigenvalue weighted by atomic mass is 16.2. The van der Waals surface area contributed by atoms with Crippen LogP contribution >= 0.6 is 0 Å².